The van der Waals surface area contributed by atoms with Crippen LogP contribution in [-0.2, 0) is 9.47 Å². The molecule has 1 aliphatic heterocycles. The molecule has 0 amide bonds. The third-order valence-corrected chi connectivity index (χ3v) is 3.54. The van der Waals surface area contributed by atoms with Gasteiger partial charge in [0, 0.05) is 31.3 Å². The highest BCUT2D eigenvalue weighted by Gasteiger charge is 2.39. The van der Waals surface area contributed by atoms with Gasteiger partial charge in [0.15, 0.2) is 5.79 Å². The molecule has 4 heteroatoms. The minimum atomic E-state index is -0.414. The lowest BCUT2D eigenvalue weighted by molar-refractivity contribution is -0.162. The van der Waals surface area contributed by atoms with Crippen LogP contribution in [0.2, 0.25) is 0 Å². The fourth-order valence-electron chi connectivity index (χ4n) is 2.36. The maximum atomic E-state index is 6.05. The van der Waals surface area contributed by atoms with Gasteiger partial charge >= 0.3 is 0 Å². The first kappa shape index (κ1) is 13.6. The Morgan fingerprint density at radius 3 is 2.78 bits per heavy atom. The molecule has 2 N–H and O–H groups in total. The average Bonchev–Trinajstić information content (AvgIpc) is 2.77. The van der Waals surface area contributed by atoms with Crippen LogP contribution in [0.5, 0.6) is 0 Å². The standard InChI is InChI=1S/C14H24N2O2/c1-11(2)4-6-16-10-12-9-14(5-3-13(12)15)17-7-8-18-14/h10-11H,3-9,15H2,1-2H3. The highest BCUT2D eigenvalue weighted by molar-refractivity contribution is 5.80. The van der Waals surface area contributed by atoms with Crippen molar-refractivity contribution in [1.29, 1.82) is 0 Å². The molecule has 0 aromatic rings. The summed E-state index contributed by atoms with van der Waals surface area (Å²) in [6.45, 7) is 6.66. The summed E-state index contributed by atoms with van der Waals surface area (Å²) in [5.41, 5.74) is 8.08. The molecule has 2 rings (SSSR count). The summed E-state index contributed by atoms with van der Waals surface area (Å²) in [5.74, 6) is 0.273. The molecule has 0 saturated carbocycles. The van der Waals surface area contributed by atoms with E-state index in [1.165, 1.54) is 0 Å². The van der Waals surface area contributed by atoms with Crippen molar-refractivity contribution in [3.8, 4) is 0 Å². The fourth-order valence-corrected chi connectivity index (χ4v) is 2.36. The topological polar surface area (TPSA) is 56.8 Å². The Balaban J connectivity index is 1.93. The van der Waals surface area contributed by atoms with E-state index < -0.39 is 5.79 Å². The van der Waals surface area contributed by atoms with Crippen LogP contribution in [0.1, 0.15) is 39.5 Å². The molecule has 1 heterocycles. The summed E-state index contributed by atoms with van der Waals surface area (Å²) in [4.78, 5) is 4.47. The Morgan fingerprint density at radius 1 is 1.39 bits per heavy atom. The van der Waals surface area contributed by atoms with Crippen LogP contribution in [0.25, 0.3) is 0 Å². The molecular weight excluding hydrogens is 228 g/mol. The third-order valence-electron chi connectivity index (χ3n) is 3.54. The van der Waals surface area contributed by atoms with Crippen LogP contribution in [0.3, 0.4) is 0 Å². The Kier molecular flexibility index (Phi) is 4.40. The summed E-state index contributed by atoms with van der Waals surface area (Å²) in [6.07, 6.45) is 5.48. The van der Waals surface area contributed by atoms with E-state index in [0.29, 0.717) is 19.1 Å². The van der Waals surface area contributed by atoms with E-state index >= 15 is 0 Å². The molecule has 0 aromatic heterocycles. The minimum Gasteiger partial charge on any atom is -0.402 e. The van der Waals surface area contributed by atoms with Gasteiger partial charge in [0.2, 0.25) is 0 Å². The normalized spacial score (nSPS) is 23.7. The first-order valence-corrected chi connectivity index (χ1v) is 6.86. The van der Waals surface area contributed by atoms with Gasteiger partial charge in [0.25, 0.3) is 0 Å². The predicted octanol–water partition coefficient (Wildman–Crippen LogP) is 2.24. The van der Waals surface area contributed by atoms with Gasteiger partial charge in [0.05, 0.1) is 13.2 Å². The van der Waals surface area contributed by atoms with Crippen molar-refractivity contribution < 1.29 is 9.47 Å². The Hall–Kier alpha value is -0.870. The molecule has 1 aliphatic carbocycles. The van der Waals surface area contributed by atoms with Crippen molar-refractivity contribution in [3.05, 3.63) is 11.3 Å². The Morgan fingerprint density at radius 2 is 2.11 bits per heavy atom. The minimum absolute atomic E-state index is 0.414. The van der Waals surface area contributed by atoms with Crippen molar-refractivity contribution in [1.82, 2.24) is 0 Å². The predicted molar refractivity (Wildman–Crippen MR) is 72.5 cm³/mol. The smallest absolute Gasteiger partial charge is 0.172 e. The number of hydrogen-bond donors (Lipinski definition) is 1. The van der Waals surface area contributed by atoms with Gasteiger partial charge in [-0.25, -0.2) is 0 Å². The van der Waals surface area contributed by atoms with E-state index in [1.807, 2.05) is 6.21 Å². The highest BCUT2D eigenvalue weighted by atomic mass is 16.7. The van der Waals surface area contributed by atoms with Gasteiger partial charge in [-0.1, -0.05) is 13.8 Å². The molecule has 2 aliphatic rings. The zero-order valence-corrected chi connectivity index (χ0v) is 11.4. The van der Waals surface area contributed by atoms with Crippen LogP contribution in [0.15, 0.2) is 16.3 Å². The van der Waals surface area contributed by atoms with Crippen molar-refractivity contribution in [2.45, 2.75) is 45.3 Å². The molecule has 4 nitrogen and oxygen atoms in total. The summed E-state index contributed by atoms with van der Waals surface area (Å²) in [6, 6.07) is 0. The molecule has 0 bridgehead atoms. The van der Waals surface area contributed by atoms with Crippen LogP contribution in [-0.4, -0.2) is 31.8 Å². The van der Waals surface area contributed by atoms with Crippen molar-refractivity contribution in [3.63, 3.8) is 0 Å². The third kappa shape index (κ3) is 3.33. The van der Waals surface area contributed by atoms with Gasteiger partial charge in [-0.2, -0.15) is 0 Å². The Labute approximate surface area is 109 Å². The Bertz CT molecular complexity index is 342. The maximum absolute atomic E-state index is 6.05. The molecule has 0 unspecified atom stereocenters. The first-order valence-electron chi connectivity index (χ1n) is 6.86. The quantitative estimate of drug-likeness (QED) is 0.781. The molecule has 0 atom stereocenters. The second kappa shape index (κ2) is 5.85. The summed E-state index contributed by atoms with van der Waals surface area (Å²) >= 11 is 0. The van der Waals surface area contributed by atoms with E-state index in [2.05, 4.69) is 18.8 Å². The second-order valence-electron chi connectivity index (χ2n) is 5.55. The summed E-state index contributed by atoms with van der Waals surface area (Å²) < 4.78 is 11.5. The monoisotopic (exact) mass is 252 g/mol. The first-order chi connectivity index (χ1) is 8.61. The molecule has 18 heavy (non-hydrogen) atoms. The molecule has 1 spiro atoms. The van der Waals surface area contributed by atoms with Crippen LogP contribution < -0.4 is 5.73 Å². The van der Waals surface area contributed by atoms with Gasteiger partial charge in [-0.05, 0) is 24.3 Å². The lowest BCUT2D eigenvalue weighted by Crippen LogP contribution is -2.35. The van der Waals surface area contributed by atoms with Crippen LogP contribution >= 0.6 is 0 Å². The maximum Gasteiger partial charge on any atom is 0.172 e. The molecule has 1 fully saturated rings. The number of rotatable bonds is 4. The van der Waals surface area contributed by atoms with E-state index in [1.54, 1.807) is 0 Å². The number of ether oxygens (including phenoxy) is 2. The number of nitrogens with zero attached hydrogens (tertiary/aromatic N) is 1. The lowest BCUT2D eigenvalue weighted by atomic mass is 9.91. The van der Waals surface area contributed by atoms with E-state index in [4.69, 9.17) is 15.2 Å². The highest BCUT2D eigenvalue weighted by Crippen LogP contribution is 2.36. The van der Waals surface area contributed by atoms with Gasteiger partial charge in [-0.3, -0.25) is 4.99 Å². The SMILES string of the molecule is CC(C)CCN=CC1=C(N)CCC2(C1)OCCO2. The molecule has 1 saturated heterocycles. The van der Waals surface area contributed by atoms with Crippen molar-refractivity contribution in [2.24, 2.45) is 16.6 Å². The van der Waals surface area contributed by atoms with E-state index in [-0.39, 0.29) is 0 Å². The van der Waals surface area contributed by atoms with E-state index in [9.17, 15) is 0 Å². The number of allylic oxidation sites excluding steroid dienone is 1. The summed E-state index contributed by atoms with van der Waals surface area (Å²) in [7, 11) is 0. The van der Waals surface area contributed by atoms with Crippen molar-refractivity contribution >= 4 is 6.21 Å². The molecular formula is C14H24N2O2. The molecule has 0 radical (unpaired) electrons. The van der Waals surface area contributed by atoms with Gasteiger partial charge < -0.3 is 15.2 Å². The lowest BCUT2D eigenvalue weighted by Gasteiger charge is -2.32. The largest absolute Gasteiger partial charge is 0.402 e. The fraction of sp³-hybridized carbons (Fsp3) is 0.786. The van der Waals surface area contributed by atoms with Crippen LogP contribution in [0.4, 0.5) is 0 Å². The van der Waals surface area contributed by atoms with Gasteiger partial charge in [0.1, 0.15) is 0 Å². The van der Waals surface area contributed by atoms with Gasteiger partial charge in [-0.15, -0.1) is 0 Å². The van der Waals surface area contributed by atoms with E-state index in [0.717, 1.165) is 43.5 Å². The average molecular weight is 252 g/mol. The molecule has 0 aromatic carbocycles. The second-order valence-corrected chi connectivity index (χ2v) is 5.55. The number of nitrogens with two attached hydrogens (primary N) is 1. The zero-order chi connectivity index (χ0) is 13.0. The number of aliphatic imine (C=N–C) groups is 1. The molecule has 102 valence electrons. The summed E-state index contributed by atoms with van der Waals surface area (Å²) in [5, 5.41) is 0. The van der Waals surface area contributed by atoms with Crippen molar-refractivity contribution in [2.75, 3.05) is 19.8 Å². The zero-order valence-electron chi connectivity index (χ0n) is 11.4. The number of hydrogen-bond acceptors (Lipinski definition) is 4. The van der Waals surface area contributed by atoms with Crippen LogP contribution in [0, 0.1) is 5.92 Å².